The lowest BCUT2D eigenvalue weighted by Crippen LogP contribution is -2.14. The van der Waals surface area contributed by atoms with E-state index in [1.165, 1.54) is 32.1 Å². The first-order valence-electron chi connectivity index (χ1n) is 7.17. The van der Waals surface area contributed by atoms with Crippen molar-refractivity contribution in [1.82, 2.24) is 19.7 Å². The summed E-state index contributed by atoms with van der Waals surface area (Å²) in [5.74, 6) is 0.180. The molecule has 5 nitrogen and oxygen atoms in total. The summed E-state index contributed by atoms with van der Waals surface area (Å²) in [6.07, 6.45) is 11.7. The standard InChI is InChI=1S/C15H18N4O/c20-14(15-16-8-4-9-17-15)11-12-7-10-19(18-12)13-5-2-1-3-6-13/h4,7-10,13H,1-3,5-6,11H2. The third kappa shape index (κ3) is 2.92. The fourth-order valence-electron chi connectivity index (χ4n) is 2.71. The van der Waals surface area contributed by atoms with Crippen LogP contribution in [-0.2, 0) is 6.42 Å². The second-order valence-electron chi connectivity index (χ2n) is 5.25. The van der Waals surface area contributed by atoms with Crippen LogP contribution in [0.4, 0.5) is 0 Å². The van der Waals surface area contributed by atoms with Crippen molar-refractivity contribution in [1.29, 1.82) is 0 Å². The molecule has 0 N–H and O–H groups in total. The van der Waals surface area contributed by atoms with Crippen molar-refractivity contribution in [2.24, 2.45) is 0 Å². The number of carbonyl (C=O) groups excluding carboxylic acids is 1. The van der Waals surface area contributed by atoms with Crippen LogP contribution in [0.25, 0.3) is 0 Å². The Balaban J connectivity index is 1.66. The summed E-state index contributed by atoms with van der Waals surface area (Å²) in [6, 6.07) is 4.13. The van der Waals surface area contributed by atoms with E-state index >= 15 is 0 Å². The fraction of sp³-hybridized carbons (Fsp3) is 0.467. The summed E-state index contributed by atoms with van der Waals surface area (Å²) >= 11 is 0. The highest BCUT2D eigenvalue weighted by atomic mass is 16.1. The minimum Gasteiger partial charge on any atom is -0.290 e. The Labute approximate surface area is 118 Å². The smallest absolute Gasteiger partial charge is 0.206 e. The molecule has 1 aliphatic carbocycles. The second-order valence-corrected chi connectivity index (χ2v) is 5.25. The molecule has 1 saturated carbocycles. The summed E-state index contributed by atoms with van der Waals surface area (Å²) in [5, 5.41) is 4.54. The van der Waals surface area contributed by atoms with Crippen molar-refractivity contribution in [3.63, 3.8) is 0 Å². The Morgan fingerprint density at radius 1 is 1.20 bits per heavy atom. The van der Waals surface area contributed by atoms with Gasteiger partial charge in [0.1, 0.15) is 0 Å². The molecular weight excluding hydrogens is 252 g/mol. The van der Waals surface area contributed by atoms with Crippen molar-refractivity contribution in [2.75, 3.05) is 0 Å². The highest BCUT2D eigenvalue weighted by molar-refractivity contribution is 5.93. The van der Waals surface area contributed by atoms with Crippen LogP contribution in [0.15, 0.2) is 30.7 Å². The number of hydrogen-bond donors (Lipinski definition) is 0. The van der Waals surface area contributed by atoms with Gasteiger partial charge >= 0.3 is 0 Å². The topological polar surface area (TPSA) is 60.7 Å². The van der Waals surface area contributed by atoms with Gasteiger partial charge in [0.15, 0.2) is 5.82 Å². The van der Waals surface area contributed by atoms with E-state index in [2.05, 4.69) is 15.1 Å². The molecule has 0 bridgehead atoms. The monoisotopic (exact) mass is 270 g/mol. The molecule has 0 radical (unpaired) electrons. The molecule has 0 amide bonds. The summed E-state index contributed by atoms with van der Waals surface area (Å²) in [6.45, 7) is 0. The van der Waals surface area contributed by atoms with Gasteiger partial charge in [-0.1, -0.05) is 19.3 Å². The highest BCUT2D eigenvalue weighted by Gasteiger charge is 2.17. The Kier molecular flexibility index (Phi) is 3.85. The Morgan fingerprint density at radius 3 is 2.70 bits per heavy atom. The summed E-state index contributed by atoms with van der Waals surface area (Å²) in [7, 11) is 0. The zero-order chi connectivity index (χ0) is 13.8. The van der Waals surface area contributed by atoms with Crippen LogP contribution in [0.3, 0.4) is 0 Å². The first-order valence-corrected chi connectivity index (χ1v) is 7.17. The maximum atomic E-state index is 12.0. The lowest BCUT2D eigenvalue weighted by atomic mass is 9.96. The minimum absolute atomic E-state index is 0.0838. The average Bonchev–Trinajstić information content (AvgIpc) is 2.97. The molecular formula is C15H18N4O. The molecule has 0 unspecified atom stereocenters. The molecule has 0 saturated heterocycles. The van der Waals surface area contributed by atoms with E-state index in [9.17, 15) is 4.79 Å². The quantitative estimate of drug-likeness (QED) is 0.801. The number of aromatic nitrogens is 4. The van der Waals surface area contributed by atoms with Gasteiger partial charge in [-0.05, 0) is 25.0 Å². The van der Waals surface area contributed by atoms with E-state index in [0.29, 0.717) is 6.04 Å². The molecule has 3 rings (SSSR count). The first-order chi connectivity index (χ1) is 9.83. The summed E-state index contributed by atoms with van der Waals surface area (Å²) < 4.78 is 2.02. The Hall–Kier alpha value is -2.04. The van der Waals surface area contributed by atoms with Gasteiger partial charge in [-0.2, -0.15) is 5.10 Å². The SMILES string of the molecule is O=C(Cc1ccn(C2CCCCC2)n1)c1ncccn1. The van der Waals surface area contributed by atoms with Crippen LogP contribution in [0.1, 0.15) is 54.5 Å². The predicted octanol–water partition coefficient (Wildman–Crippen LogP) is 2.60. The van der Waals surface area contributed by atoms with Crippen LogP contribution in [0.2, 0.25) is 0 Å². The third-order valence-corrected chi connectivity index (χ3v) is 3.77. The number of Topliss-reactive ketones (excluding diaryl/α,β-unsaturated/α-hetero) is 1. The molecule has 0 aliphatic heterocycles. The van der Waals surface area contributed by atoms with Gasteiger partial charge in [0.05, 0.1) is 18.2 Å². The van der Waals surface area contributed by atoms with Gasteiger partial charge in [0, 0.05) is 18.6 Å². The Bertz CT molecular complexity index is 573. The van der Waals surface area contributed by atoms with Crippen LogP contribution in [-0.4, -0.2) is 25.5 Å². The molecule has 0 atom stereocenters. The summed E-state index contributed by atoms with van der Waals surface area (Å²) in [5.41, 5.74) is 0.799. The maximum absolute atomic E-state index is 12.0. The van der Waals surface area contributed by atoms with Gasteiger partial charge in [0.25, 0.3) is 0 Å². The molecule has 0 aromatic carbocycles. The first kappa shape index (κ1) is 13.0. The van der Waals surface area contributed by atoms with E-state index in [1.54, 1.807) is 18.5 Å². The predicted molar refractivity (Wildman–Crippen MR) is 74.4 cm³/mol. The number of carbonyl (C=O) groups is 1. The zero-order valence-corrected chi connectivity index (χ0v) is 11.4. The Morgan fingerprint density at radius 2 is 1.95 bits per heavy atom. The van der Waals surface area contributed by atoms with Gasteiger partial charge in [0.2, 0.25) is 5.78 Å². The van der Waals surface area contributed by atoms with Gasteiger partial charge in [-0.25, -0.2) is 9.97 Å². The van der Waals surface area contributed by atoms with Crippen molar-refractivity contribution >= 4 is 5.78 Å². The number of nitrogens with zero attached hydrogens (tertiary/aromatic N) is 4. The highest BCUT2D eigenvalue weighted by Crippen LogP contribution is 2.27. The summed E-state index contributed by atoms with van der Waals surface area (Å²) in [4.78, 5) is 20.0. The zero-order valence-electron chi connectivity index (χ0n) is 11.4. The van der Waals surface area contributed by atoms with Gasteiger partial charge in [-0.3, -0.25) is 9.48 Å². The normalized spacial score (nSPS) is 16.2. The van der Waals surface area contributed by atoms with Crippen molar-refractivity contribution < 1.29 is 4.79 Å². The molecule has 2 heterocycles. The van der Waals surface area contributed by atoms with Crippen LogP contribution in [0.5, 0.6) is 0 Å². The maximum Gasteiger partial charge on any atom is 0.206 e. The lowest BCUT2D eigenvalue weighted by Gasteiger charge is -2.21. The van der Waals surface area contributed by atoms with Gasteiger partial charge in [-0.15, -0.1) is 0 Å². The molecule has 1 aliphatic rings. The number of hydrogen-bond acceptors (Lipinski definition) is 4. The molecule has 0 spiro atoms. The molecule has 5 heteroatoms. The van der Waals surface area contributed by atoms with Crippen LogP contribution < -0.4 is 0 Å². The van der Waals surface area contributed by atoms with E-state index in [1.807, 2.05) is 16.9 Å². The van der Waals surface area contributed by atoms with Crippen molar-refractivity contribution in [3.8, 4) is 0 Å². The fourth-order valence-corrected chi connectivity index (χ4v) is 2.71. The largest absolute Gasteiger partial charge is 0.290 e. The average molecular weight is 270 g/mol. The second kappa shape index (κ2) is 5.94. The third-order valence-electron chi connectivity index (χ3n) is 3.77. The minimum atomic E-state index is -0.0838. The van der Waals surface area contributed by atoms with E-state index in [4.69, 9.17) is 0 Å². The number of ketones is 1. The molecule has 2 aromatic heterocycles. The molecule has 20 heavy (non-hydrogen) atoms. The molecule has 1 fully saturated rings. The number of rotatable bonds is 4. The van der Waals surface area contributed by atoms with E-state index < -0.39 is 0 Å². The van der Waals surface area contributed by atoms with E-state index in [-0.39, 0.29) is 18.0 Å². The molecule has 2 aromatic rings. The van der Waals surface area contributed by atoms with E-state index in [0.717, 1.165) is 5.69 Å². The van der Waals surface area contributed by atoms with Gasteiger partial charge < -0.3 is 0 Å². The van der Waals surface area contributed by atoms with Crippen molar-refractivity contribution in [2.45, 2.75) is 44.6 Å². The lowest BCUT2D eigenvalue weighted by molar-refractivity contribution is 0.0981. The van der Waals surface area contributed by atoms with Crippen LogP contribution in [0, 0.1) is 0 Å². The van der Waals surface area contributed by atoms with Crippen LogP contribution >= 0.6 is 0 Å². The molecule has 104 valence electrons. The van der Waals surface area contributed by atoms with Crippen molar-refractivity contribution in [3.05, 3.63) is 42.2 Å².